The van der Waals surface area contributed by atoms with Gasteiger partial charge in [0.2, 0.25) is 0 Å². The van der Waals surface area contributed by atoms with E-state index in [9.17, 15) is 0 Å². The first-order valence-corrected chi connectivity index (χ1v) is 5.19. The second-order valence-electron chi connectivity index (χ2n) is 2.73. The Hall–Kier alpha value is -0.980. The van der Waals surface area contributed by atoms with Crippen LogP contribution in [0.4, 0.5) is 0 Å². The number of hydrogen-bond donors (Lipinski definition) is 2. The van der Waals surface area contributed by atoms with E-state index < -0.39 is 0 Å². The third kappa shape index (κ3) is 3.94. The number of pyridine rings is 1. The first kappa shape index (κ1) is 12.1. The zero-order valence-electron chi connectivity index (χ0n) is 8.40. The van der Waals surface area contributed by atoms with Crippen LogP contribution in [0.15, 0.2) is 27.8 Å². The molecule has 0 amide bonds. The second-order valence-corrected chi connectivity index (χ2v) is 3.64. The summed E-state index contributed by atoms with van der Waals surface area (Å²) in [7, 11) is 1.63. The molecule has 5 nitrogen and oxygen atoms in total. The number of rotatable bonds is 4. The number of amidine groups is 1. The summed E-state index contributed by atoms with van der Waals surface area (Å²) in [6.07, 6.45) is 1.69. The maximum atomic E-state index is 5.35. The molecule has 1 aromatic rings. The van der Waals surface area contributed by atoms with Crippen molar-refractivity contribution in [1.29, 1.82) is 0 Å². The van der Waals surface area contributed by atoms with Crippen molar-refractivity contribution in [3.05, 3.63) is 28.5 Å². The molecule has 82 valence electrons. The van der Waals surface area contributed by atoms with Crippen LogP contribution in [-0.4, -0.2) is 31.1 Å². The van der Waals surface area contributed by atoms with E-state index in [0.717, 1.165) is 4.47 Å². The van der Waals surface area contributed by atoms with Gasteiger partial charge in [-0.15, -0.1) is 0 Å². The quantitative estimate of drug-likeness (QED) is 0.278. The van der Waals surface area contributed by atoms with Gasteiger partial charge >= 0.3 is 0 Å². The highest BCUT2D eigenvalue weighted by molar-refractivity contribution is 9.10. The van der Waals surface area contributed by atoms with Gasteiger partial charge in [0.1, 0.15) is 5.69 Å². The monoisotopic (exact) mass is 272 g/mol. The molecule has 0 bridgehead atoms. The molecule has 0 aliphatic heterocycles. The Kier molecular flexibility index (Phi) is 5.23. The van der Waals surface area contributed by atoms with Gasteiger partial charge in [-0.1, -0.05) is 0 Å². The maximum Gasteiger partial charge on any atom is 0.161 e. The lowest BCUT2D eigenvalue weighted by Gasteiger charge is -2.04. The Labute approximate surface area is 96.8 Å². The van der Waals surface area contributed by atoms with Crippen molar-refractivity contribution in [2.75, 3.05) is 20.3 Å². The molecule has 0 radical (unpaired) electrons. The molecular weight excluding hydrogens is 260 g/mol. The van der Waals surface area contributed by atoms with E-state index in [0.29, 0.717) is 24.7 Å². The van der Waals surface area contributed by atoms with E-state index in [2.05, 4.69) is 31.3 Å². The number of nitrogens with zero attached hydrogens (tertiary/aromatic N) is 2. The summed E-state index contributed by atoms with van der Waals surface area (Å²) in [4.78, 5) is 8.38. The molecule has 0 aliphatic rings. The summed E-state index contributed by atoms with van der Waals surface area (Å²) in [5, 5.41) is 0. The minimum Gasteiger partial charge on any atom is -0.383 e. The summed E-state index contributed by atoms with van der Waals surface area (Å²) in [6.45, 7) is 1.11. The van der Waals surface area contributed by atoms with Gasteiger partial charge in [-0.2, -0.15) is 0 Å². The maximum absolute atomic E-state index is 5.35. The van der Waals surface area contributed by atoms with E-state index in [1.54, 1.807) is 13.3 Å². The van der Waals surface area contributed by atoms with Gasteiger partial charge in [-0.05, 0) is 28.1 Å². The molecule has 0 aliphatic carbocycles. The fraction of sp³-hybridized carbons (Fsp3) is 0.333. The lowest BCUT2D eigenvalue weighted by molar-refractivity contribution is 0.208. The second kappa shape index (κ2) is 6.49. The standard InChI is InChI=1S/C9H13BrN4O/c1-15-5-4-12-9(14-11)8-3-2-7(10)6-13-8/h2-3,6H,4-5,11H2,1H3,(H,12,14). The minimum absolute atomic E-state index is 0.549. The third-order valence-electron chi connectivity index (χ3n) is 1.67. The Morgan fingerprint density at radius 2 is 2.47 bits per heavy atom. The number of aromatic nitrogens is 1. The lowest BCUT2D eigenvalue weighted by Crippen LogP contribution is -2.32. The summed E-state index contributed by atoms with van der Waals surface area (Å²) < 4.78 is 5.80. The van der Waals surface area contributed by atoms with Gasteiger partial charge in [0.25, 0.3) is 0 Å². The summed E-state index contributed by atoms with van der Waals surface area (Å²) in [5.74, 6) is 5.91. The molecule has 0 spiro atoms. The van der Waals surface area contributed by atoms with Crippen LogP contribution in [0.25, 0.3) is 0 Å². The fourth-order valence-electron chi connectivity index (χ4n) is 0.965. The van der Waals surface area contributed by atoms with Gasteiger partial charge in [0, 0.05) is 17.8 Å². The topological polar surface area (TPSA) is 72.5 Å². The summed E-state index contributed by atoms with van der Waals surface area (Å²) in [6, 6.07) is 3.71. The van der Waals surface area contributed by atoms with Crippen LogP contribution in [0, 0.1) is 0 Å². The molecule has 0 unspecified atom stereocenters. The number of hydrogen-bond acceptors (Lipinski definition) is 4. The number of ether oxygens (including phenoxy) is 1. The largest absolute Gasteiger partial charge is 0.383 e. The minimum atomic E-state index is 0.549. The highest BCUT2D eigenvalue weighted by Crippen LogP contribution is 2.07. The molecule has 15 heavy (non-hydrogen) atoms. The number of methoxy groups -OCH3 is 1. The van der Waals surface area contributed by atoms with Crippen molar-refractivity contribution in [2.45, 2.75) is 0 Å². The van der Waals surface area contributed by atoms with E-state index in [-0.39, 0.29) is 0 Å². The van der Waals surface area contributed by atoms with Crippen LogP contribution in [0.3, 0.4) is 0 Å². The third-order valence-corrected chi connectivity index (χ3v) is 2.14. The van der Waals surface area contributed by atoms with Crippen molar-refractivity contribution >= 4 is 21.8 Å². The average molecular weight is 273 g/mol. The molecule has 1 aromatic heterocycles. The number of hydrazine groups is 1. The van der Waals surface area contributed by atoms with Crippen molar-refractivity contribution in [3.8, 4) is 0 Å². The number of aliphatic imine (C=N–C) groups is 1. The van der Waals surface area contributed by atoms with Crippen LogP contribution < -0.4 is 11.3 Å². The predicted molar refractivity (Wildman–Crippen MR) is 62.5 cm³/mol. The molecule has 3 N–H and O–H groups in total. The van der Waals surface area contributed by atoms with Gasteiger partial charge in [0.15, 0.2) is 5.84 Å². The molecule has 1 rings (SSSR count). The fourth-order valence-corrected chi connectivity index (χ4v) is 1.20. The van der Waals surface area contributed by atoms with Crippen LogP contribution in [0.1, 0.15) is 5.69 Å². The molecule has 0 saturated heterocycles. The van der Waals surface area contributed by atoms with Gasteiger partial charge in [-0.3, -0.25) is 9.98 Å². The first-order chi connectivity index (χ1) is 7.27. The molecule has 6 heteroatoms. The Balaban J connectivity index is 2.73. The lowest BCUT2D eigenvalue weighted by atomic mass is 10.3. The molecule has 1 heterocycles. The molecule has 0 atom stereocenters. The van der Waals surface area contributed by atoms with Gasteiger partial charge in [-0.25, -0.2) is 5.84 Å². The highest BCUT2D eigenvalue weighted by Gasteiger charge is 2.01. The Bertz CT molecular complexity index is 325. The normalized spacial score (nSPS) is 11.5. The molecule has 0 aromatic carbocycles. The zero-order valence-corrected chi connectivity index (χ0v) is 9.99. The zero-order chi connectivity index (χ0) is 11.1. The number of nitrogens with two attached hydrogens (primary N) is 1. The van der Waals surface area contributed by atoms with Crippen LogP contribution in [-0.2, 0) is 4.74 Å². The summed E-state index contributed by atoms with van der Waals surface area (Å²) >= 11 is 3.31. The van der Waals surface area contributed by atoms with Crippen molar-refractivity contribution in [3.63, 3.8) is 0 Å². The number of nitrogens with one attached hydrogen (secondary N) is 1. The summed E-state index contributed by atoms with van der Waals surface area (Å²) in [5.41, 5.74) is 3.22. The van der Waals surface area contributed by atoms with E-state index >= 15 is 0 Å². The smallest absolute Gasteiger partial charge is 0.161 e. The number of halogens is 1. The molecule has 0 saturated carbocycles. The van der Waals surface area contributed by atoms with Crippen molar-refractivity contribution < 1.29 is 4.74 Å². The van der Waals surface area contributed by atoms with Crippen LogP contribution in [0.5, 0.6) is 0 Å². The molecular formula is C9H13BrN4O. The van der Waals surface area contributed by atoms with Crippen molar-refractivity contribution in [1.82, 2.24) is 10.4 Å². The highest BCUT2D eigenvalue weighted by atomic mass is 79.9. The molecule has 0 fully saturated rings. The van der Waals surface area contributed by atoms with Crippen molar-refractivity contribution in [2.24, 2.45) is 10.8 Å². The first-order valence-electron chi connectivity index (χ1n) is 4.40. The van der Waals surface area contributed by atoms with Crippen LogP contribution >= 0.6 is 15.9 Å². The Morgan fingerprint density at radius 3 is 3.00 bits per heavy atom. The van der Waals surface area contributed by atoms with Gasteiger partial charge < -0.3 is 10.2 Å². The predicted octanol–water partition coefficient (Wildman–Crippen LogP) is 0.700. The van der Waals surface area contributed by atoms with E-state index in [1.807, 2.05) is 12.1 Å². The van der Waals surface area contributed by atoms with Crippen LogP contribution in [0.2, 0.25) is 0 Å². The van der Waals surface area contributed by atoms with E-state index in [1.165, 1.54) is 0 Å². The SMILES string of the molecule is COCCN=C(NN)c1ccc(Br)cn1. The Morgan fingerprint density at radius 1 is 1.67 bits per heavy atom. The van der Waals surface area contributed by atoms with Gasteiger partial charge in [0.05, 0.1) is 13.2 Å². The van der Waals surface area contributed by atoms with E-state index in [4.69, 9.17) is 10.6 Å². The average Bonchev–Trinajstić information content (AvgIpc) is 2.26.